The molecule has 0 amide bonds. The van der Waals surface area contributed by atoms with Gasteiger partial charge in [0.05, 0.1) is 0 Å². The summed E-state index contributed by atoms with van der Waals surface area (Å²) in [6.45, 7) is 4.30. The number of unbranched alkanes of at least 4 members (excludes halogenated alkanes) is 1. The molecule has 0 unspecified atom stereocenters. The van der Waals surface area contributed by atoms with Gasteiger partial charge in [0, 0.05) is 0 Å². The van der Waals surface area contributed by atoms with E-state index in [2.05, 4.69) is 6.92 Å². The van der Waals surface area contributed by atoms with E-state index in [1.54, 1.807) is 0 Å². The summed E-state index contributed by atoms with van der Waals surface area (Å²) in [5.41, 5.74) is 0. The minimum atomic E-state index is 0.782. The van der Waals surface area contributed by atoms with Gasteiger partial charge < -0.3 is 0 Å². The first-order chi connectivity index (χ1) is 3.91. The van der Waals surface area contributed by atoms with Crippen molar-refractivity contribution in [2.75, 3.05) is 6.61 Å². The number of hydrogen-bond acceptors (Lipinski definition) is 1. The zero-order chi connectivity index (χ0) is 6.24. The van der Waals surface area contributed by atoms with Crippen molar-refractivity contribution in [1.82, 2.24) is 0 Å². The van der Waals surface area contributed by atoms with Gasteiger partial charge in [-0.1, -0.05) is 0 Å². The van der Waals surface area contributed by atoms with Crippen molar-refractivity contribution < 1.29 is 4.65 Å². The first kappa shape index (κ1) is 7.99. The quantitative estimate of drug-likeness (QED) is 0.365. The second-order valence-electron chi connectivity index (χ2n) is 1.55. The second-order valence-corrected chi connectivity index (χ2v) is 1.55. The molecular formula is C4H9B3O. The summed E-state index contributed by atoms with van der Waals surface area (Å²) in [5, 5.41) is 0. The molecule has 0 aromatic carbocycles. The van der Waals surface area contributed by atoms with E-state index in [-0.39, 0.29) is 0 Å². The van der Waals surface area contributed by atoms with Crippen LogP contribution in [-0.4, -0.2) is 28.0 Å². The third-order valence-corrected chi connectivity index (χ3v) is 0.791. The standard InChI is InChI=1S/C4H9B3O/c1-2-3-4-8-7-6-5/h2-4H2,1H3. The number of rotatable bonds is 4. The van der Waals surface area contributed by atoms with Crippen molar-refractivity contribution in [2.24, 2.45) is 0 Å². The second kappa shape index (κ2) is 6.99. The molecule has 0 heterocycles. The molecule has 0 atom stereocenters. The van der Waals surface area contributed by atoms with Crippen LogP contribution in [0, 0.1) is 0 Å². The maximum atomic E-state index is 5.01. The van der Waals surface area contributed by atoms with Gasteiger partial charge in [-0.3, -0.25) is 0 Å². The van der Waals surface area contributed by atoms with Gasteiger partial charge in [-0.05, 0) is 0 Å². The summed E-state index contributed by atoms with van der Waals surface area (Å²) in [5.74, 6) is 0. The Bertz CT molecular complexity index is 64.3. The van der Waals surface area contributed by atoms with E-state index in [0.29, 0.717) is 0 Å². The molecule has 0 spiro atoms. The van der Waals surface area contributed by atoms with E-state index < -0.39 is 0 Å². The monoisotopic (exact) mass is 106 g/mol. The van der Waals surface area contributed by atoms with Crippen LogP contribution < -0.4 is 0 Å². The van der Waals surface area contributed by atoms with Crippen molar-refractivity contribution in [1.29, 1.82) is 0 Å². The minimum absolute atomic E-state index is 0.782. The first-order valence-electron chi connectivity index (χ1n) is 2.90. The molecule has 0 N–H and O–H groups in total. The fraction of sp³-hybridized carbons (Fsp3) is 1.00. The third kappa shape index (κ3) is 5.99. The van der Waals surface area contributed by atoms with Gasteiger partial charge in [-0.15, -0.1) is 0 Å². The summed E-state index contributed by atoms with van der Waals surface area (Å²) in [6.07, 6.45) is 2.27. The van der Waals surface area contributed by atoms with Crippen LogP contribution in [0.25, 0.3) is 0 Å². The summed E-state index contributed by atoms with van der Waals surface area (Å²) in [7, 11) is 6.51. The Hall–Kier alpha value is -0.00519. The van der Waals surface area contributed by atoms with Crippen molar-refractivity contribution in [3.05, 3.63) is 0 Å². The van der Waals surface area contributed by atoms with Gasteiger partial charge in [-0.2, -0.15) is 0 Å². The fourth-order valence-electron chi connectivity index (χ4n) is 0.351. The Morgan fingerprint density at radius 2 is 2.38 bits per heavy atom. The van der Waals surface area contributed by atoms with Gasteiger partial charge in [0.2, 0.25) is 0 Å². The molecular weight excluding hydrogens is 96.5 g/mol. The van der Waals surface area contributed by atoms with Crippen LogP contribution in [0.2, 0.25) is 0 Å². The van der Waals surface area contributed by atoms with Crippen molar-refractivity contribution in [3.8, 4) is 0 Å². The van der Waals surface area contributed by atoms with Crippen LogP contribution in [0.4, 0.5) is 0 Å². The van der Waals surface area contributed by atoms with Crippen LogP contribution in [0.1, 0.15) is 19.8 Å². The zero-order valence-corrected chi connectivity index (χ0v) is 5.26. The summed E-state index contributed by atoms with van der Waals surface area (Å²) in [6, 6.07) is 0. The Kier molecular flexibility index (Phi) is 6.99. The molecule has 2 radical (unpaired) electrons. The van der Waals surface area contributed by atoms with Crippen LogP contribution in [0.3, 0.4) is 0 Å². The molecule has 0 bridgehead atoms. The predicted molar refractivity (Wildman–Crippen MR) is 38.1 cm³/mol. The molecule has 0 aliphatic heterocycles. The normalized spacial score (nSPS) is 8.12. The van der Waals surface area contributed by atoms with E-state index in [9.17, 15) is 0 Å². The number of hydrogen-bond donors (Lipinski definition) is 0. The summed E-state index contributed by atoms with van der Waals surface area (Å²) >= 11 is 0. The molecule has 0 fully saturated rings. The van der Waals surface area contributed by atoms with Crippen molar-refractivity contribution >= 4 is 21.4 Å². The van der Waals surface area contributed by atoms with Crippen LogP contribution >= 0.6 is 0 Å². The van der Waals surface area contributed by atoms with E-state index in [4.69, 9.17) is 12.4 Å². The zero-order valence-electron chi connectivity index (χ0n) is 5.26. The Balaban J connectivity index is 2.72. The van der Waals surface area contributed by atoms with Crippen LogP contribution in [0.5, 0.6) is 0 Å². The van der Waals surface area contributed by atoms with Gasteiger partial charge in [0.15, 0.2) is 0 Å². The SMILES string of the molecule is [B]B=BOCCCC. The van der Waals surface area contributed by atoms with Crippen molar-refractivity contribution in [2.45, 2.75) is 19.8 Å². The summed E-state index contributed by atoms with van der Waals surface area (Å²) < 4.78 is 4.92. The third-order valence-electron chi connectivity index (χ3n) is 0.791. The van der Waals surface area contributed by atoms with E-state index in [1.165, 1.54) is 20.1 Å². The Morgan fingerprint density at radius 1 is 1.62 bits per heavy atom. The van der Waals surface area contributed by atoms with Crippen LogP contribution in [0.15, 0.2) is 0 Å². The maximum absolute atomic E-state index is 5.01. The van der Waals surface area contributed by atoms with E-state index in [0.717, 1.165) is 13.0 Å². The van der Waals surface area contributed by atoms with Gasteiger partial charge in [0.25, 0.3) is 0 Å². The fourth-order valence-corrected chi connectivity index (χ4v) is 0.351. The molecule has 4 heteroatoms. The van der Waals surface area contributed by atoms with Crippen LogP contribution in [-0.2, 0) is 4.65 Å². The molecule has 1 nitrogen and oxygen atoms in total. The molecule has 40 valence electrons. The van der Waals surface area contributed by atoms with Gasteiger partial charge >= 0.3 is 52.5 Å². The molecule has 8 heavy (non-hydrogen) atoms. The molecule has 0 saturated carbocycles. The first-order valence-corrected chi connectivity index (χ1v) is 2.90. The van der Waals surface area contributed by atoms with Gasteiger partial charge in [-0.25, -0.2) is 0 Å². The Morgan fingerprint density at radius 3 is 2.88 bits per heavy atom. The average molecular weight is 106 g/mol. The molecule has 0 saturated heterocycles. The average Bonchev–Trinajstić information content (AvgIpc) is 1.81. The molecule has 0 aliphatic rings. The molecule has 0 aromatic heterocycles. The molecule has 0 rings (SSSR count). The molecule has 0 aliphatic carbocycles. The van der Waals surface area contributed by atoms with Gasteiger partial charge in [0.1, 0.15) is 0 Å². The predicted octanol–water partition coefficient (Wildman–Crippen LogP) is 0.125. The molecule has 0 aromatic rings. The Labute approximate surface area is 53.3 Å². The van der Waals surface area contributed by atoms with E-state index in [1.807, 2.05) is 0 Å². The van der Waals surface area contributed by atoms with E-state index >= 15 is 0 Å². The summed E-state index contributed by atoms with van der Waals surface area (Å²) in [4.78, 5) is 0. The topological polar surface area (TPSA) is 9.23 Å². The van der Waals surface area contributed by atoms with Crippen molar-refractivity contribution in [3.63, 3.8) is 0 Å².